The lowest BCUT2D eigenvalue weighted by Crippen LogP contribution is -2.26. The van der Waals surface area contributed by atoms with Crippen LogP contribution in [0.25, 0.3) is 0 Å². The predicted molar refractivity (Wildman–Crippen MR) is 46.7 cm³/mol. The number of alkyl halides is 2. The fourth-order valence-electron chi connectivity index (χ4n) is 1.74. The van der Waals surface area contributed by atoms with Gasteiger partial charge in [0.05, 0.1) is 5.41 Å². The van der Waals surface area contributed by atoms with Crippen molar-refractivity contribution in [2.24, 2.45) is 5.73 Å². The van der Waals surface area contributed by atoms with Gasteiger partial charge in [-0.2, -0.15) is 0 Å². The van der Waals surface area contributed by atoms with E-state index in [4.69, 9.17) is 5.73 Å². The van der Waals surface area contributed by atoms with Crippen LogP contribution in [0, 0.1) is 0 Å². The number of hydrogen-bond donors (Lipinski definition) is 1. The second-order valence-corrected chi connectivity index (χ2v) is 3.53. The Kier molecular flexibility index (Phi) is 1.67. The van der Waals surface area contributed by atoms with Crippen molar-refractivity contribution < 1.29 is 8.78 Å². The molecule has 2 rings (SSSR count). The molecule has 1 aliphatic rings. The maximum Gasteiger partial charge on any atom is 0.260 e. The average Bonchev–Trinajstić information content (AvgIpc) is 2.72. The van der Waals surface area contributed by atoms with Gasteiger partial charge >= 0.3 is 0 Å². The van der Waals surface area contributed by atoms with Gasteiger partial charge in [-0.25, -0.2) is 8.78 Å². The van der Waals surface area contributed by atoms with Crippen LogP contribution >= 0.6 is 0 Å². The Bertz CT molecular complexity index is 310. The molecule has 0 aliphatic heterocycles. The lowest BCUT2D eigenvalue weighted by molar-refractivity contribution is 0.0896. The molecule has 1 atom stereocenters. The average molecular weight is 183 g/mol. The van der Waals surface area contributed by atoms with Crippen molar-refractivity contribution in [1.82, 2.24) is 0 Å². The summed E-state index contributed by atoms with van der Waals surface area (Å²) in [5.74, 6) is -2.61. The smallest absolute Gasteiger partial charge is 0.260 e. The minimum absolute atomic E-state index is 0.0179. The molecule has 0 bridgehead atoms. The molecule has 0 aromatic heterocycles. The van der Waals surface area contributed by atoms with Crippen LogP contribution in [0.4, 0.5) is 8.78 Å². The zero-order valence-electron chi connectivity index (χ0n) is 7.13. The first-order valence-electron chi connectivity index (χ1n) is 4.26. The second kappa shape index (κ2) is 2.51. The van der Waals surface area contributed by atoms with Gasteiger partial charge in [-0.15, -0.1) is 0 Å². The molecular formula is C10H11F2N. The number of halogens is 2. The summed E-state index contributed by atoms with van der Waals surface area (Å²) in [5, 5.41) is 0. The van der Waals surface area contributed by atoms with Gasteiger partial charge in [0.1, 0.15) is 0 Å². The summed E-state index contributed by atoms with van der Waals surface area (Å²) in [5.41, 5.74) is 4.98. The molecule has 1 nitrogen and oxygen atoms in total. The first-order chi connectivity index (χ1) is 6.12. The fraction of sp³-hybridized carbons (Fsp3) is 0.400. The SMILES string of the molecule is NC[C@]1(c2ccccc2)CC1(F)F. The van der Waals surface area contributed by atoms with Crippen LogP contribution in [0.1, 0.15) is 12.0 Å². The van der Waals surface area contributed by atoms with Crippen molar-refractivity contribution in [1.29, 1.82) is 0 Å². The number of rotatable bonds is 2. The van der Waals surface area contributed by atoms with Crippen LogP contribution in [-0.4, -0.2) is 12.5 Å². The summed E-state index contributed by atoms with van der Waals surface area (Å²) < 4.78 is 26.1. The van der Waals surface area contributed by atoms with E-state index in [0.29, 0.717) is 5.56 Å². The minimum atomic E-state index is -2.61. The molecule has 1 aromatic carbocycles. The van der Waals surface area contributed by atoms with Gasteiger partial charge in [0.25, 0.3) is 5.92 Å². The fourth-order valence-corrected chi connectivity index (χ4v) is 1.74. The molecule has 0 unspecified atom stereocenters. The summed E-state index contributed by atoms with van der Waals surface area (Å²) in [7, 11) is 0. The minimum Gasteiger partial charge on any atom is -0.329 e. The van der Waals surface area contributed by atoms with E-state index in [9.17, 15) is 8.78 Å². The Labute approximate surface area is 75.6 Å². The highest BCUT2D eigenvalue weighted by Gasteiger charge is 2.70. The third-order valence-corrected chi connectivity index (χ3v) is 2.77. The van der Waals surface area contributed by atoms with Gasteiger partial charge in [-0.1, -0.05) is 30.3 Å². The maximum absolute atomic E-state index is 13.1. The largest absolute Gasteiger partial charge is 0.329 e. The molecule has 1 saturated carbocycles. The summed E-state index contributed by atoms with van der Waals surface area (Å²) in [6, 6.07) is 8.78. The van der Waals surface area contributed by atoms with Crippen molar-refractivity contribution in [2.45, 2.75) is 17.8 Å². The molecule has 1 aliphatic carbocycles. The first-order valence-corrected chi connectivity index (χ1v) is 4.26. The molecule has 0 heterocycles. The third-order valence-electron chi connectivity index (χ3n) is 2.77. The molecule has 0 spiro atoms. The van der Waals surface area contributed by atoms with Crippen LogP contribution in [0.3, 0.4) is 0 Å². The standard InChI is InChI=1S/C10H11F2N/c11-10(12)6-9(10,7-13)8-4-2-1-3-5-8/h1-5H,6-7,13H2/t9-/m0/s1. The van der Waals surface area contributed by atoms with E-state index in [1.165, 1.54) is 0 Å². The molecule has 2 N–H and O–H groups in total. The van der Waals surface area contributed by atoms with E-state index in [-0.39, 0.29) is 13.0 Å². The molecule has 0 amide bonds. The third kappa shape index (κ3) is 1.07. The summed E-state index contributed by atoms with van der Waals surface area (Å²) in [6.07, 6.45) is -0.111. The highest BCUT2D eigenvalue weighted by molar-refractivity contribution is 5.38. The van der Waals surface area contributed by atoms with Crippen LogP contribution in [-0.2, 0) is 5.41 Å². The topological polar surface area (TPSA) is 26.0 Å². The molecule has 0 radical (unpaired) electrons. The lowest BCUT2D eigenvalue weighted by atomic mass is 9.96. The van der Waals surface area contributed by atoms with Gasteiger partial charge in [-0.3, -0.25) is 0 Å². The first kappa shape index (κ1) is 8.63. The zero-order valence-corrected chi connectivity index (χ0v) is 7.13. The van der Waals surface area contributed by atoms with E-state index < -0.39 is 11.3 Å². The normalized spacial score (nSPS) is 30.1. The van der Waals surface area contributed by atoms with Gasteiger partial charge in [0.2, 0.25) is 0 Å². The number of hydrogen-bond acceptors (Lipinski definition) is 1. The molecule has 0 saturated heterocycles. The van der Waals surface area contributed by atoms with Crippen molar-refractivity contribution in [3.05, 3.63) is 35.9 Å². The zero-order chi connectivity index (χ0) is 9.53. The van der Waals surface area contributed by atoms with Gasteiger partial charge < -0.3 is 5.73 Å². The Hall–Kier alpha value is -0.960. The van der Waals surface area contributed by atoms with Gasteiger partial charge in [-0.05, 0) is 5.56 Å². The molecule has 1 fully saturated rings. The maximum atomic E-state index is 13.1. The Balaban J connectivity index is 2.37. The Morgan fingerprint density at radius 3 is 2.15 bits per heavy atom. The van der Waals surface area contributed by atoms with E-state index in [2.05, 4.69) is 0 Å². The monoisotopic (exact) mass is 183 g/mol. The molecule has 3 heteroatoms. The quantitative estimate of drug-likeness (QED) is 0.744. The predicted octanol–water partition coefficient (Wildman–Crippen LogP) is 1.92. The second-order valence-electron chi connectivity index (χ2n) is 3.53. The van der Waals surface area contributed by atoms with Gasteiger partial charge in [0.15, 0.2) is 0 Å². The van der Waals surface area contributed by atoms with E-state index in [0.717, 1.165) is 0 Å². The lowest BCUT2D eigenvalue weighted by Gasteiger charge is -2.13. The number of nitrogens with two attached hydrogens (primary N) is 1. The van der Waals surface area contributed by atoms with Gasteiger partial charge in [0, 0.05) is 13.0 Å². The van der Waals surface area contributed by atoms with Crippen LogP contribution in [0.2, 0.25) is 0 Å². The van der Waals surface area contributed by atoms with Crippen molar-refractivity contribution >= 4 is 0 Å². The summed E-state index contributed by atoms with van der Waals surface area (Å²) >= 11 is 0. The Morgan fingerprint density at radius 2 is 1.77 bits per heavy atom. The molecule has 70 valence electrons. The van der Waals surface area contributed by atoms with E-state index in [1.54, 1.807) is 24.3 Å². The highest BCUT2D eigenvalue weighted by Crippen LogP contribution is 2.60. The summed E-state index contributed by atoms with van der Waals surface area (Å²) in [6.45, 7) is 0.0179. The molecule has 1 aromatic rings. The van der Waals surface area contributed by atoms with Crippen LogP contribution in [0.15, 0.2) is 30.3 Å². The van der Waals surface area contributed by atoms with Crippen LogP contribution in [0.5, 0.6) is 0 Å². The van der Waals surface area contributed by atoms with Crippen LogP contribution < -0.4 is 5.73 Å². The Morgan fingerprint density at radius 1 is 1.23 bits per heavy atom. The summed E-state index contributed by atoms with van der Waals surface area (Å²) in [4.78, 5) is 0. The van der Waals surface area contributed by atoms with E-state index >= 15 is 0 Å². The van der Waals surface area contributed by atoms with Crippen molar-refractivity contribution in [3.8, 4) is 0 Å². The van der Waals surface area contributed by atoms with Crippen molar-refractivity contribution in [3.63, 3.8) is 0 Å². The number of benzene rings is 1. The van der Waals surface area contributed by atoms with Crippen molar-refractivity contribution in [2.75, 3.05) is 6.54 Å². The molecule has 13 heavy (non-hydrogen) atoms. The molecular weight excluding hydrogens is 172 g/mol. The van der Waals surface area contributed by atoms with E-state index in [1.807, 2.05) is 6.07 Å². The highest BCUT2D eigenvalue weighted by atomic mass is 19.3.